The lowest BCUT2D eigenvalue weighted by Gasteiger charge is -2.04. The van der Waals surface area contributed by atoms with E-state index < -0.39 is 16.7 Å². The number of hydrogen-bond acceptors (Lipinski definition) is 5. The van der Waals surface area contributed by atoms with Gasteiger partial charge in [-0.15, -0.1) is 0 Å². The van der Waals surface area contributed by atoms with Gasteiger partial charge in [-0.2, -0.15) is 0 Å². The van der Waals surface area contributed by atoms with Crippen LogP contribution in [0.2, 0.25) is 0 Å². The summed E-state index contributed by atoms with van der Waals surface area (Å²) in [5.41, 5.74) is 6.53. The zero-order valence-electron chi connectivity index (χ0n) is 14.0. The highest BCUT2D eigenvalue weighted by Crippen LogP contribution is 2.22. The lowest BCUT2D eigenvalue weighted by atomic mass is 10.2. The Morgan fingerprint density at radius 3 is 2.54 bits per heavy atom. The van der Waals surface area contributed by atoms with Crippen molar-refractivity contribution in [3.05, 3.63) is 69.8 Å². The van der Waals surface area contributed by atoms with Crippen molar-refractivity contribution in [3.63, 3.8) is 0 Å². The van der Waals surface area contributed by atoms with E-state index in [1.165, 1.54) is 12.1 Å². The number of nitrogens with two attached hydrogens (primary N) is 1. The van der Waals surface area contributed by atoms with Crippen LogP contribution in [0.5, 0.6) is 5.75 Å². The maximum Gasteiger partial charge on any atom is 0.274 e. The van der Waals surface area contributed by atoms with Gasteiger partial charge in [-0.3, -0.25) is 19.7 Å². The second-order valence-electron chi connectivity index (χ2n) is 5.40. The molecule has 0 fully saturated rings. The summed E-state index contributed by atoms with van der Waals surface area (Å²) in [4.78, 5) is 33.0. The molecular weight excluding hydrogens is 338 g/mol. The number of aryl methyl sites for hydroxylation is 1. The molecule has 0 aliphatic rings. The van der Waals surface area contributed by atoms with Gasteiger partial charge in [0.1, 0.15) is 5.75 Å². The molecule has 134 valence electrons. The quantitative estimate of drug-likeness (QED) is 0.448. The summed E-state index contributed by atoms with van der Waals surface area (Å²) in [6.45, 7) is 1.42. The van der Waals surface area contributed by atoms with Gasteiger partial charge < -0.3 is 15.8 Å². The van der Waals surface area contributed by atoms with Gasteiger partial charge in [0.2, 0.25) is 5.91 Å². The first-order valence-electron chi connectivity index (χ1n) is 7.60. The molecule has 0 aliphatic heterocycles. The van der Waals surface area contributed by atoms with Crippen LogP contribution in [0.25, 0.3) is 6.08 Å². The molecule has 26 heavy (non-hydrogen) atoms. The van der Waals surface area contributed by atoms with Crippen LogP contribution in [-0.4, -0.2) is 23.3 Å². The molecular formula is C18H17N3O5. The largest absolute Gasteiger partial charge is 0.484 e. The number of anilines is 1. The summed E-state index contributed by atoms with van der Waals surface area (Å²) in [5, 5.41) is 13.5. The molecule has 2 rings (SSSR count). The summed E-state index contributed by atoms with van der Waals surface area (Å²) < 4.78 is 5.13. The number of ether oxygens (including phenoxy) is 1. The van der Waals surface area contributed by atoms with E-state index in [1.807, 2.05) is 0 Å². The van der Waals surface area contributed by atoms with Crippen molar-refractivity contribution < 1.29 is 19.2 Å². The number of nitrogens with one attached hydrogen (secondary N) is 1. The summed E-state index contributed by atoms with van der Waals surface area (Å²) >= 11 is 0. The molecule has 0 heterocycles. The van der Waals surface area contributed by atoms with E-state index in [0.717, 1.165) is 5.56 Å². The van der Waals surface area contributed by atoms with Gasteiger partial charge in [-0.05, 0) is 36.8 Å². The highest BCUT2D eigenvalue weighted by molar-refractivity contribution is 6.02. The van der Waals surface area contributed by atoms with Gasteiger partial charge in [0.15, 0.2) is 6.61 Å². The third-order valence-corrected chi connectivity index (χ3v) is 3.36. The number of carbonyl (C=O) groups is 2. The van der Waals surface area contributed by atoms with Crippen LogP contribution in [-0.2, 0) is 9.59 Å². The van der Waals surface area contributed by atoms with E-state index in [9.17, 15) is 19.7 Å². The third-order valence-electron chi connectivity index (χ3n) is 3.36. The average molecular weight is 355 g/mol. The Bertz CT molecular complexity index is 860. The van der Waals surface area contributed by atoms with E-state index in [4.69, 9.17) is 10.5 Å². The SMILES string of the molecule is Cc1ccc(NC(=O)/C=C/c2ccc(OCC(N)=O)cc2)cc1[N+](=O)[O-]. The summed E-state index contributed by atoms with van der Waals surface area (Å²) in [6, 6.07) is 11.2. The molecule has 0 bridgehead atoms. The second kappa shape index (κ2) is 8.43. The van der Waals surface area contributed by atoms with Crippen molar-refractivity contribution in [2.75, 3.05) is 11.9 Å². The highest BCUT2D eigenvalue weighted by Gasteiger charge is 2.11. The van der Waals surface area contributed by atoms with Crippen molar-refractivity contribution >= 4 is 29.3 Å². The van der Waals surface area contributed by atoms with Gasteiger partial charge >= 0.3 is 0 Å². The van der Waals surface area contributed by atoms with Crippen LogP contribution in [0.1, 0.15) is 11.1 Å². The topological polar surface area (TPSA) is 125 Å². The van der Waals surface area contributed by atoms with Crippen LogP contribution < -0.4 is 15.8 Å². The molecule has 8 nitrogen and oxygen atoms in total. The van der Waals surface area contributed by atoms with E-state index in [1.54, 1.807) is 49.4 Å². The molecule has 0 aromatic heterocycles. The Balaban J connectivity index is 1.98. The van der Waals surface area contributed by atoms with Crippen LogP contribution in [0.4, 0.5) is 11.4 Å². The zero-order chi connectivity index (χ0) is 19.1. The van der Waals surface area contributed by atoms with Gasteiger partial charge in [-0.1, -0.05) is 18.2 Å². The molecule has 3 N–H and O–H groups in total. The first-order valence-corrected chi connectivity index (χ1v) is 7.60. The Labute approximate surface area is 149 Å². The maximum absolute atomic E-state index is 12.0. The maximum atomic E-state index is 12.0. The molecule has 0 saturated carbocycles. The Hall–Kier alpha value is -3.68. The van der Waals surface area contributed by atoms with E-state index >= 15 is 0 Å². The third kappa shape index (κ3) is 5.45. The van der Waals surface area contributed by atoms with Crippen LogP contribution in [0, 0.1) is 17.0 Å². The molecule has 2 amide bonds. The normalized spacial score (nSPS) is 10.5. The number of carbonyl (C=O) groups excluding carboxylic acids is 2. The van der Waals surface area contributed by atoms with Gasteiger partial charge in [0.25, 0.3) is 11.6 Å². The van der Waals surface area contributed by atoms with Gasteiger partial charge in [0.05, 0.1) is 4.92 Å². The van der Waals surface area contributed by atoms with E-state index in [2.05, 4.69) is 5.32 Å². The lowest BCUT2D eigenvalue weighted by Crippen LogP contribution is -2.19. The summed E-state index contributed by atoms with van der Waals surface area (Å²) in [7, 11) is 0. The van der Waals surface area contributed by atoms with Crippen molar-refractivity contribution in [1.82, 2.24) is 0 Å². The second-order valence-corrected chi connectivity index (χ2v) is 5.40. The van der Waals surface area contributed by atoms with Crippen LogP contribution in [0.15, 0.2) is 48.5 Å². The fourth-order valence-corrected chi connectivity index (χ4v) is 2.07. The molecule has 0 spiro atoms. The van der Waals surface area contributed by atoms with Crippen molar-refractivity contribution in [1.29, 1.82) is 0 Å². The fraction of sp³-hybridized carbons (Fsp3) is 0.111. The monoisotopic (exact) mass is 355 g/mol. The predicted octanol–water partition coefficient (Wildman–Crippen LogP) is 2.42. The van der Waals surface area contributed by atoms with Crippen molar-refractivity contribution in [2.24, 2.45) is 5.73 Å². The van der Waals surface area contributed by atoms with Gasteiger partial charge in [0, 0.05) is 23.4 Å². The molecule has 8 heteroatoms. The molecule has 0 saturated heterocycles. The standard InChI is InChI=1S/C18H17N3O5/c1-12-2-6-14(10-16(12)21(24)25)20-18(23)9-5-13-3-7-15(8-4-13)26-11-17(19)22/h2-10H,11H2,1H3,(H2,19,22)(H,20,23)/b9-5+. The Morgan fingerprint density at radius 2 is 1.92 bits per heavy atom. The minimum absolute atomic E-state index is 0.0571. The zero-order valence-corrected chi connectivity index (χ0v) is 14.0. The number of primary amides is 1. The van der Waals surface area contributed by atoms with Crippen molar-refractivity contribution in [3.8, 4) is 5.75 Å². The molecule has 0 radical (unpaired) electrons. The Morgan fingerprint density at radius 1 is 1.23 bits per heavy atom. The number of hydrogen-bond donors (Lipinski definition) is 2. The van der Waals surface area contributed by atoms with Crippen molar-refractivity contribution in [2.45, 2.75) is 6.92 Å². The number of nitro benzene ring substituents is 1. The first kappa shape index (κ1) is 18.7. The Kier molecular flexibility index (Phi) is 6.05. The molecule has 0 aliphatic carbocycles. The van der Waals surface area contributed by atoms with Crippen LogP contribution in [0.3, 0.4) is 0 Å². The van der Waals surface area contributed by atoms with E-state index in [-0.39, 0.29) is 12.3 Å². The number of nitrogens with zero attached hydrogens (tertiary/aromatic N) is 1. The van der Waals surface area contributed by atoms with Crippen LogP contribution >= 0.6 is 0 Å². The number of nitro groups is 1. The first-order chi connectivity index (χ1) is 12.3. The van der Waals surface area contributed by atoms with E-state index in [0.29, 0.717) is 17.0 Å². The summed E-state index contributed by atoms with van der Waals surface area (Å²) in [6.07, 6.45) is 2.89. The minimum atomic E-state index is -0.568. The van der Waals surface area contributed by atoms with Gasteiger partial charge in [-0.25, -0.2) is 0 Å². The molecule has 0 atom stereocenters. The molecule has 2 aromatic rings. The highest BCUT2D eigenvalue weighted by atomic mass is 16.6. The average Bonchev–Trinajstić information content (AvgIpc) is 2.60. The number of benzene rings is 2. The smallest absolute Gasteiger partial charge is 0.274 e. The number of amides is 2. The molecule has 2 aromatic carbocycles. The summed E-state index contributed by atoms with van der Waals surface area (Å²) in [5.74, 6) is -0.503. The lowest BCUT2D eigenvalue weighted by molar-refractivity contribution is -0.385. The minimum Gasteiger partial charge on any atom is -0.484 e. The number of rotatable bonds is 7. The predicted molar refractivity (Wildman–Crippen MR) is 96.6 cm³/mol. The fourth-order valence-electron chi connectivity index (χ4n) is 2.07. The molecule has 0 unspecified atom stereocenters.